The number of likely N-dealkylation sites (tertiary alicyclic amines) is 1. The lowest BCUT2D eigenvalue weighted by molar-refractivity contribution is 0.334. The standard InChI is InChI=1S/C11H23N3/c1-14-7-4-11(9-14)13-8-10-2-5-12-6-3-10/h10-13H,2-9H2,1H3. The highest BCUT2D eigenvalue weighted by molar-refractivity contribution is 4.80. The Morgan fingerprint density at radius 2 is 2.07 bits per heavy atom. The predicted octanol–water partition coefficient (Wildman–Crippen LogP) is 0.280. The fraction of sp³-hybridized carbons (Fsp3) is 1.00. The van der Waals surface area contributed by atoms with E-state index in [2.05, 4.69) is 22.6 Å². The van der Waals surface area contributed by atoms with Gasteiger partial charge >= 0.3 is 0 Å². The smallest absolute Gasteiger partial charge is 0.0207 e. The van der Waals surface area contributed by atoms with Crippen molar-refractivity contribution in [3.8, 4) is 0 Å². The van der Waals surface area contributed by atoms with Crippen molar-refractivity contribution in [3.63, 3.8) is 0 Å². The number of hydrogen-bond donors (Lipinski definition) is 2. The first-order valence-electron chi connectivity index (χ1n) is 5.97. The van der Waals surface area contributed by atoms with Gasteiger partial charge in [-0.1, -0.05) is 0 Å². The Balaban J connectivity index is 1.61. The lowest BCUT2D eigenvalue weighted by atomic mass is 9.98. The molecule has 2 saturated heterocycles. The van der Waals surface area contributed by atoms with Gasteiger partial charge in [0.05, 0.1) is 0 Å². The molecule has 0 saturated carbocycles. The molecule has 1 atom stereocenters. The van der Waals surface area contributed by atoms with Crippen molar-refractivity contribution >= 4 is 0 Å². The summed E-state index contributed by atoms with van der Waals surface area (Å²) >= 11 is 0. The minimum absolute atomic E-state index is 0.759. The molecule has 0 aromatic carbocycles. The van der Waals surface area contributed by atoms with Gasteiger partial charge in [-0.3, -0.25) is 0 Å². The quantitative estimate of drug-likeness (QED) is 0.680. The maximum atomic E-state index is 3.71. The highest BCUT2D eigenvalue weighted by atomic mass is 15.2. The maximum Gasteiger partial charge on any atom is 0.0207 e. The van der Waals surface area contributed by atoms with E-state index in [0.29, 0.717) is 0 Å². The Labute approximate surface area is 87.2 Å². The molecule has 2 N–H and O–H groups in total. The fourth-order valence-electron chi connectivity index (χ4n) is 2.52. The molecule has 0 spiro atoms. The summed E-state index contributed by atoms with van der Waals surface area (Å²) in [4.78, 5) is 2.42. The Morgan fingerprint density at radius 3 is 2.71 bits per heavy atom. The van der Waals surface area contributed by atoms with Crippen LogP contribution in [0.1, 0.15) is 19.3 Å². The summed E-state index contributed by atoms with van der Waals surface area (Å²) in [6.45, 7) is 6.18. The Kier molecular flexibility index (Phi) is 3.79. The summed E-state index contributed by atoms with van der Waals surface area (Å²) in [7, 11) is 2.21. The van der Waals surface area contributed by atoms with Gasteiger partial charge in [-0.2, -0.15) is 0 Å². The Hall–Kier alpha value is -0.120. The lowest BCUT2D eigenvalue weighted by Crippen LogP contribution is -2.38. The molecule has 2 aliphatic rings. The Morgan fingerprint density at radius 1 is 1.29 bits per heavy atom. The molecule has 0 radical (unpaired) electrons. The molecule has 1 unspecified atom stereocenters. The van der Waals surface area contributed by atoms with Crippen LogP contribution in [0.4, 0.5) is 0 Å². The molecule has 2 rings (SSSR count). The second kappa shape index (κ2) is 5.10. The Bertz CT molecular complexity index is 161. The van der Waals surface area contributed by atoms with Crippen molar-refractivity contribution in [2.45, 2.75) is 25.3 Å². The second-order valence-corrected chi connectivity index (χ2v) is 4.85. The summed E-state index contributed by atoms with van der Waals surface area (Å²) in [5.74, 6) is 0.919. The van der Waals surface area contributed by atoms with Crippen molar-refractivity contribution in [3.05, 3.63) is 0 Å². The number of piperidine rings is 1. The highest BCUT2D eigenvalue weighted by Gasteiger charge is 2.20. The maximum absolute atomic E-state index is 3.71. The molecule has 0 aromatic rings. The zero-order chi connectivity index (χ0) is 9.80. The van der Waals surface area contributed by atoms with E-state index in [9.17, 15) is 0 Å². The molecule has 0 amide bonds. The number of hydrogen-bond acceptors (Lipinski definition) is 3. The van der Waals surface area contributed by atoms with Gasteiger partial charge < -0.3 is 15.5 Å². The first kappa shape index (κ1) is 10.4. The minimum atomic E-state index is 0.759. The van der Waals surface area contributed by atoms with E-state index in [1.54, 1.807) is 0 Å². The lowest BCUT2D eigenvalue weighted by Gasteiger charge is -2.24. The summed E-state index contributed by atoms with van der Waals surface area (Å²) in [5, 5.41) is 7.13. The SMILES string of the molecule is CN1CCC(NCC2CCNCC2)C1. The van der Waals surface area contributed by atoms with Crippen LogP contribution in [-0.4, -0.2) is 50.7 Å². The van der Waals surface area contributed by atoms with E-state index >= 15 is 0 Å². The van der Waals surface area contributed by atoms with Gasteiger partial charge in [0, 0.05) is 12.6 Å². The summed E-state index contributed by atoms with van der Waals surface area (Å²) < 4.78 is 0. The van der Waals surface area contributed by atoms with Crippen LogP contribution < -0.4 is 10.6 Å². The third kappa shape index (κ3) is 2.94. The normalized spacial score (nSPS) is 31.1. The van der Waals surface area contributed by atoms with Crippen LogP contribution in [0.2, 0.25) is 0 Å². The fourth-order valence-corrected chi connectivity index (χ4v) is 2.52. The summed E-state index contributed by atoms with van der Waals surface area (Å²) in [6.07, 6.45) is 4.05. The van der Waals surface area contributed by atoms with Gasteiger partial charge in [0.25, 0.3) is 0 Å². The van der Waals surface area contributed by atoms with Crippen LogP contribution in [-0.2, 0) is 0 Å². The van der Waals surface area contributed by atoms with Gasteiger partial charge in [0.1, 0.15) is 0 Å². The van der Waals surface area contributed by atoms with E-state index < -0.39 is 0 Å². The van der Waals surface area contributed by atoms with E-state index in [0.717, 1.165) is 12.0 Å². The predicted molar refractivity (Wildman–Crippen MR) is 59.5 cm³/mol. The van der Waals surface area contributed by atoms with Gasteiger partial charge in [0.15, 0.2) is 0 Å². The van der Waals surface area contributed by atoms with Gasteiger partial charge in [-0.25, -0.2) is 0 Å². The van der Waals surface area contributed by atoms with Crippen molar-refractivity contribution in [2.75, 3.05) is 39.8 Å². The molecule has 82 valence electrons. The number of nitrogens with zero attached hydrogens (tertiary/aromatic N) is 1. The van der Waals surface area contributed by atoms with Crippen LogP contribution in [0.15, 0.2) is 0 Å². The van der Waals surface area contributed by atoms with Crippen LogP contribution in [0.3, 0.4) is 0 Å². The van der Waals surface area contributed by atoms with Gasteiger partial charge in [-0.05, 0) is 58.4 Å². The van der Waals surface area contributed by atoms with E-state index in [-0.39, 0.29) is 0 Å². The van der Waals surface area contributed by atoms with Gasteiger partial charge in [0.2, 0.25) is 0 Å². The minimum Gasteiger partial charge on any atom is -0.317 e. The monoisotopic (exact) mass is 197 g/mol. The first-order chi connectivity index (χ1) is 6.84. The van der Waals surface area contributed by atoms with E-state index in [1.165, 1.54) is 52.0 Å². The zero-order valence-corrected chi connectivity index (χ0v) is 9.26. The van der Waals surface area contributed by atoms with Crippen molar-refractivity contribution < 1.29 is 0 Å². The summed E-state index contributed by atoms with van der Waals surface area (Å²) in [6, 6.07) is 0.759. The van der Waals surface area contributed by atoms with E-state index in [4.69, 9.17) is 0 Å². The molecule has 0 aliphatic carbocycles. The molecular formula is C11H23N3. The van der Waals surface area contributed by atoms with Crippen LogP contribution in [0, 0.1) is 5.92 Å². The molecule has 3 heteroatoms. The molecule has 2 aliphatic heterocycles. The molecule has 2 heterocycles. The average Bonchev–Trinajstić information content (AvgIpc) is 2.63. The van der Waals surface area contributed by atoms with Crippen LogP contribution in [0.25, 0.3) is 0 Å². The summed E-state index contributed by atoms with van der Waals surface area (Å²) in [5.41, 5.74) is 0. The number of likely N-dealkylation sites (N-methyl/N-ethyl adjacent to an activating group) is 1. The van der Waals surface area contributed by atoms with Crippen molar-refractivity contribution in [1.29, 1.82) is 0 Å². The van der Waals surface area contributed by atoms with Crippen molar-refractivity contribution in [2.24, 2.45) is 5.92 Å². The zero-order valence-electron chi connectivity index (χ0n) is 9.26. The average molecular weight is 197 g/mol. The van der Waals surface area contributed by atoms with E-state index in [1.807, 2.05) is 0 Å². The second-order valence-electron chi connectivity index (χ2n) is 4.85. The number of rotatable bonds is 3. The highest BCUT2D eigenvalue weighted by Crippen LogP contribution is 2.12. The number of nitrogens with one attached hydrogen (secondary N) is 2. The molecule has 0 bridgehead atoms. The van der Waals surface area contributed by atoms with Crippen LogP contribution >= 0.6 is 0 Å². The third-order valence-electron chi connectivity index (χ3n) is 3.55. The topological polar surface area (TPSA) is 27.3 Å². The molecule has 3 nitrogen and oxygen atoms in total. The third-order valence-corrected chi connectivity index (χ3v) is 3.55. The molecule has 0 aromatic heterocycles. The van der Waals surface area contributed by atoms with Crippen LogP contribution in [0.5, 0.6) is 0 Å². The first-order valence-corrected chi connectivity index (χ1v) is 5.97. The largest absolute Gasteiger partial charge is 0.317 e. The molecule has 2 fully saturated rings. The molecular weight excluding hydrogens is 174 g/mol. The van der Waals surface area contributed by atoms with Crippen molar-refractivity contribution in [1.82, 2.24) is 15.5 Å². The van der Waals surface area contributed by atoms with Gasteiger partial charge in [-0.15, -0.1) is 0 Å². The molecule has 14 heavy (non-hydrogen) atoms.